The number of fused-ring (bicyclic) bond motifs is 1. The van der Waals surface area contributed by atoms with Crippen LogP contribution in [0.3, 0.4) is 0 Å². The summed E-state index contributed by atoms with van der Waals surface area (Å²) in [6.07, 6.45) is 5.56. The molecule has 0 atom stereocenters. The molecule has 2 aromatic rings. The third-order valence-electron chi connectivity index (χ3n) is 2.66. The van der Waals surface area contributed by atoms with E-state index in [9.17, 15) is 0 Å². The average molecular weight is 201 g/mol. The van der Waals surface area contributed by atoms with Gasteiger partial charge in [0, 0.05) is 12.1 Å². The molecule has 76 valence electrons. The van der Waals surface area contributed by atoms with Gasteiger partial charge in [0.25, 0.3) is 0 Å². The van der Waals surface area contributed by atoms with Crippen molar-refractivity contribution in [2.45, 2.75) is 18.8 Å². The van der Waals surface area contributed by atoms with Gasteiger partial charge in [-0.25, -0.2) is 15.0 Å². The summed E-state index contributed by atoms with van der Waals surface area (Å²) >= 11 is 0. The van der Waals surface area contributed by atoms with Crippen molar-refractivity contribution in [2.75, 3.05) is 5.73 Å². The highest BCUT2D eigenvalue weighted by molar-refractivity contribution is 5.83. The molecule has 15 heavy (non-hydrogen) atoms. The van der Waals surface area contributed by atoms with Gasteiger partial charge in [0.05, 0.1) is 0 Å². The molecule has 1 saturated carbocycles. The van der Waals surface area contributed by atoms with E-state index in [1.54, 1.807) is 6.20 Å². The molecular formula is C10H11N5. The van der Waals surface area contributed by atoms with E-state index in [2.05, 4.69) is 21.5 Å². The number of imidazole rings is 1. The van der Waals surface area contributed by atoms with E-state index in [1.165, 1.54) is 19.2 Å². The highest BCUT2D eigenvalue weighted by atomic mass is 15.1. The summed E-state index contributed by atoms with van der Waals surface area (Å²) in [6.45, 7) is 3.78. The molecule has 3 rings (SSSR count). The molecule has 5 nitrogen and oxygen atoms in total. The second-order valence-corrected chi connectivity index (χ2v) is 3.73. The number of anilines is 1. The lowest BCUT2D eigenvalue weighted by Crippen LogP contribution is -1.95. The molecule has 0 radical (unpaired) electrons. The molecule has 0 spiro atoms. The number of aromatic nitrogens is 4. The van der Waals surface area contributed by atoms with Crippen LogP contribution in [0.4, 0.5) is 5.82 Å². The Morgan fingerprint density at radius 1 is 1.47 bits per heavy atom. The predicted octanol–water partition coefficient (Wildman–Crippen LogP) is 1.39. The lowest BCUT2D eigenvalue weighted by molar-refractivity contribution is 0.920. The van der Waals surface area contributed by atoms with Gasteiger partial charge in [-0.15, -0.1) is 0 Å². The maximum Gasteiger partial charge on any atom is 0.169 e. The Bertz CT molecular complexity index is 538. The fourth-order valence-corrected chi connectivity index (χ4v) is 1.75. The number of hydrogen-bond donors (Lipinski definition) is 1. The Hall–Kier alpha value is -1.91. The SMILES string of the molecule is C=Cn1c(C2CC2)nc2c(N)ncnc21. The van der Waals surface area contributed by atoms with Crippen molar-refractivity contribution < 1.29 is 0 Å². The van der Waals surface area contributed by atoms with Crippen molar-refractivity contribution in [3.05, 3.63) is 18.7 Å². The van der Waals surface area contributed by atoms with Crippen LogP contribution in [-0.2, 0) is 0 Å². The Labute approximate surface area is 86.7 Å². The normalized spacial score (nSPS) is 15.7. The van der Waals surface area contributed by atoms with Gasteiger partial charge in [-0.1, -0.05) is 6.58 Å². The largest absolute Gasteiger partial charge is 0.382 e. The molecule has 0 unspecified atom stereocenters. The summed E-state index contributed by atoms with van der Waals surface area (Å²) in [5.41, 5.74) is 7.18. The molecule has 1 aliphatic rings. The van der Waals surface area contributed by atoms with Crippen molar-refractivity contribution in [3.63, 3.8) is 0 Å². The molecule has 5 heteroatoms. The van der Waals surface area contributed by atoms with E-state index in [0.717, 1.165) is 11.5 Å². The van der Waals surface area contributed by atoms with Gasteiger partial charge in [0.2, 0.25) is 0 Å². The third-order valence-corrected chi connectivity index (χ3v) is 2.66. The smallest absolute Gasteiger partial charge is 0.169 e. The van der Waals surface area contributed by atoms with Gasteiger partial charge in [0.15, 0.2) is 17.0 Å². The summed E-state index contributed by atoms with van der Waals surface area (Å²) in [6, 6.07) is 0. The van der Waals surface area contributed by atoms with E-state index in [-0.39, 0.29) is 0 Å². The first-order chi connectivity index (χ1) is 7.31. The maximum atomic E-state index is 5.75. The number of rotatable bonds is 2. The summed E-state index contributed by atoms with van der Waals surface area (Å²) < 4.78 is 1.91. The zero-order chi connectivity index (χ0) is 10.4. The summed E-state index contributed by atoms with van der Waals surface area (Å²) in [5, 5.41) is 0. The topological polar surface area (TPSA) is 69.6 Å². The quantitative estimate of drug-likeness (QED) is 0.797. The van der Waals surface area contributed by atoms with E-state index in [4.69, 9.17) is 5.73 Å². The molecule has 2 N–H and O–H groups in total. The lowest BCUT2D eigenvalue weighted by Gasteiger charge is -1.98. The molecule has 1 aliphatic carbocycles. The van der Waals surface area contributed by atoms with Crippen LogP contribution in [0.5, 0.6) is 0 Å². The molecule has 0 saturated heterocycles. The van der Waals surface area contributed by atoms with E-state index < -0.39 is 0 Å². The first kappa shape index (κ1) is 8.40. The minimum absolute atomic E-state index is 0.433. The molecule has 0 amide bonds. The van der Waals surface area contributed by atoms with Gasteiger partial charge in [0.1, 0.15) is 12.2 Å². The Balaban J connectivity index is 2.36. The van der Waals surface area contributed by atoms with E-state index in [0.29, 0.717) is 17.3 Å². The van der Waals surface area contributed by atoms with Crippen LogP contribution in [0, 0.1) is 0 Å². The van der Waals surface area contributed by atoms with Gasteiger partial charge in [-0.05, 0) is 12.8 Å². The van der Waals surface area contributed by atoms with Gasteiger partial charge in [-0.3, -0.25) is 4.57 Å². The first-order valence-electron chi connectivity index (χ1n) is 4.92. The van der Waals surface area contributed by atoms with Crippen LogP contribution in [0.1, 0.15) is 24.6 Å². The summed E-state index contributed by atoms with van der Waals surface area (Å²) in [4.78, 5) is 12.6. The van der Waals surface area contributed by atoms with Crippen LogP contribution < -0.4 is 5.73 Å². The minimum Gasteiger partial charge on any atom is -0.382 e. The third kappa shape index (κ3) is 1.12. The Kier molecular flexibility index (Phi) is 1.56. The molecule has 2 heterocycles. The molecule has 0 aliphatic heterocycles. The van der Waals surface area contributed by atoms with Crippen molar-refractivity contribution in [1.29, 1.82) is 0 Å². The minimum atomic E-state index is 0.433. The van der Waals surface area contributed by atoms with Crippen LogP contribution in [-0.4, -0.2) is 19.5 Å². The van der Waals surface area contributed by atoms with Gasteiger partial charge < -0.3 is 5.73 Å². The van der Waals surface area contributed by atoms with Gasteiger partial charge in [-0.2, -0.15) is 0 Å². The van der Waals surface area contributed by atoms with Crippen molar-refractivity contribution in [3.8, 4) is 0 Å². The summed E-state index contributed by atoms with van der Waals surface area (Å²) in [7, 11) is 0. The zero-order valence-corrected chi connectivity index (χ0v) is 8.22. The van der Waals surface area contributed by atoms with Crippen molar-refractivity contribution in [1.82, 2.24) is 19.5 Å². The predicted molar refractivity (Wildman–Crippen MR) is 58.1 cm³/mol. The fraction of sp³-hybridized carbons (Fsp3) is 0.300. The van der Waals surface area contributed by atoms with Crippen LogP contribution >= 0.6 is 0 Å². The van der Waals surface area contributed by atoms with Crippen LogP contribution in [0.2, 0.25) is 0 Å². The fourth-order valence-electron chi connectivity index (χ4n) is 1.75. The second kappa shape index (κ2) is 2.79. The lowest BCUT2D eigenvalue weighted by atomic mass is 10.4. The standard InChI is InChI=1S/C10H11N5/c1-2-15-9(6-3-4-6)14-7-8(11)12-5-13-10(7)15/h2,5-6H,1,3-4H2,(H2,11,12,13). The van der Waals surface area contributed by atoms with Crippen molar-refractivity contribution in [2.24, 2.45) is 0 Å². The second-order valence-electron chi connectivity index (χ2n) is 3.73. The molecule has 2 aromatic heterocycles. The Morgan fingerprint density at radius 2 is 2.27 bits per heavy atom. The molecule has 1 fully saturated rings. The first-order valence-corrected chi connectivity index (χ1v) is 4.92. The number of hydrogen-bond acceptors (Lipinski definition) is 4. The molecule has 0 aromatic carbocycles. The number of nitrogen functional groups attached to an aromatic ring is 1. The monoisotopic (exact) mass is 201 g/mol. The Morgan fingerprint density at radius 3 is 2.93 bits per heavy atom. The van der Waals surface area contributed by atoms with Crippen LogP contribution in [0.15, 0.2) is 12.9 Å². The van der Waals surface area contributed by atoms with E-state index >= 15 is 0 Å². The molecular weight excluding hydrogens is 190 g/mol. The number of nitrogens with zero attached hydrogens (tertiary/aromatic N) is 4. The average Bonchev–Trinajstić information content (AvgIpc) is 3.00. The van der Waals surface area contributed by atoms with Crippen LogP contribution in [0.25, 0.3) is 17.4 Å². The zero-order valence-electron chi connectivity index (χ0n) is 8.22. The van der Waals surface area contributed by atoms with Gasteiger partial charge >= 0.3 is 0 Å². The summed E-state index contributed by atoms with van der Waals surface area (Å²) in [5.74, 6) is 1.98. The maximum absolute atomic E-state index is 5.75. The highest BCUT2D eigenvalue weighted by Gasteiger charge is 2.29. The van der Waals surface area contributed by atoms with E-state index in [1.807, 2.05) is 4.57 Å². The highest BCUT2D eigenvalue weighted by Crippen LogP contribution is 2.40. The molecule has 0 bridgehead atoms. The van der Waals surface area contributed by atoms with Crippen molar-refractivity contribution >= 4 is 23.2 Å². The number of nitrogens with two attached hydrogens (primary N) is 1.